The van der Waals surface area contributed by atoms with Crippen molar-refractivity contribution in [1.82, 2.24) is 30.1 Å². The van der Waals surface area contributed by atoms with Crippen LogP contribution in [0.25, 0.3) is 17.1 Å². The fraction of sp³-hybridized carbons (Fsp3) is 0.529. The van der Waals surface area contributed by atoms with Crippen LogP contribution in [0.5, 0.6) is 0 Å². The highest BCUT2D eigenvalue weighted by Crippen LogP contribution is 2.27. The van der Waals surface area contributed by atoms with Crippen LogP contribution in [0.3, 0.4) is 0 Å². The van der Waals surface area contributed by atoms with Gasteiger partial charge in [0.2, 0.25) is 5.89 Å². The first-order chi connectivity index (χ1) is 12.3. The Morgan fingerprint density at radius 3 is 2.88 bits per heavy atom. The number of piperidine rings is 1. The highest BCUT2D eigenvalue weighted by atomic mass is 35.5. The van der Waals surface area contributed by atoms with Crippen molar-refractivity contribution in [3.8, 4) is 11.5 Å². The highest BCUT2D eigenvalue weighted by molar-refractivity contribution is 5.85. The Balaban J connectivity index is 0.00000196. The van der Waals surface area contributed by atoms with Gasteiger partial charge in [0.05, 0.1) is 11.9 Å². The van der Waals surface area contributed by atoms with Crippen molar-refractivity contribution in [1.29, 1.82) is 0 Å². The molecule has 0 unspecified atom stereocenters. The fourth-order valence-electron chi connectivity index (χ4n) is 3.37. The zero-order chi connectivity index (χ0) is 17.2. The molecule has 26 heavy (non-hydrogen) atoms. The van der Waals surface area contributed by atoms with Gasteiger partial charge in [0.15, 0.2) is 0 Å². The molecule has 3 aromatic rings. The van der Waals surface area contributed by atoms with Gasteiger partial charge < -0.3 is 14.7 Å². The van der Waals surface area contributed by atoms with E-state index < -0.39 is 0 Å². The number of nitrogens with zero attached hydrogens (tertiary/aromatic N) is 4. The van der Waals surface area contributed by atoms with Gasteiger partial charge in [0, 0.05) is 18.4 Å². The second kappa shape index (κ2) is 8.01. The summed E-state index contributed by atoms with van der Waals surface area (Å²) in [5.74, 6) is 1.34. The summed E-state index contributed by atoms with van der Waals surface area (Å²) in [6.45, 7) is 4.03. The van der Waals surface area contributed by atoms with Crippen molar-refractivity contribution >= 4 is 18.1 Å². The quantitative estimate of drug-likeness (QED) is 0.706. The van der Waals surface area contributed by atoms with Gasteiger partial charge in [-0.05, 0) is 32.4 Å². The van der Waals surface area contributed by atoms with Crippen LogP contribution in [-0.2, 0) is 6.42 Å². The molecule has 0 amide bonds. The SMILES string of the molecule is CCCCc1nnc(-c2cnn3c(C4CCNCC4)cc(=O)[nH]c23)o1.Cl. The molecule has 1 fully saturated rings. The number of H-pyrrole nitrogens is 1. The first-order valence-electron chi connectivity index (χ1n) is 8.90. The average molecular weight is 379 g/mol. The van der Waals surface area contributed by atoms with Crippen LogP contribution in [0.2, 0.25) is 0 Å². The minimum Gasteiger partial charge on any atom is -0.421 e. The molecule has 9 heteroatoms. The molecule has 0 radical (unpaired) electrons. The Morgan fingerprint density at radius 2 is 2.12 bits per heavy atom. The predicted molar refractivity (Wildman–Crippen MR) is 99.8 cm³/mol. The molecule has 3 aromatic heterocycles. The number of rotatable bonds is 5. The van der Waals surface area contributed by atoms with Gasteiger partial charge in [-0.15, -0.1) is 22.6 Å². The lowest BCUT2D eigenvalue weighted by Gasteiger charge is -2.23. The van der Waals surface area contributed by atoms with E-state index in [1.807, 2.05) is 4.52 Å². The first kappa shape index (κ1) is 18.6. The van der Waals surface area contributed by atoms with Gasteiger partial charge in [-0.1, -0.05) is 13.3 Å². The third-order valence-electron chi connectivity index (χ3n) is 4.73. The third-order valence-corrected chi connectivity index (χ3v) is 4.73. The standard InChI is InChI=1S/C17H22N6O2.ClH/c1-2-3-4-15-21-22-17(25-15)12-10-19-23-13(9-14(24)20-16(12)23)11-5-7-18-8-6-11;/h9-11,18H,2-8H2,1H3,(H,20,24);1H. The summed E-state index contributed by atoms with van der Waals surface area (Å²) in [5.41, 5.74) is 2.10. The molecule has 1 aliphatic rings. The van der Waals surface area contributed by atoms with Gasteiger partial charge >= 0.3 is 0 Å². The molecular formula is C17H23ClN6O2. The number of hydrogen-bond donors (Lipinski definition) is 2. The van der Waals surface area contributed by atoms with Gasteiger partial charge in [-0.25, -0.2) is 4.52 Å². The van der Waals surface area contributed by atoms with Gasteiger partial charge in [-0.2, -0.15) is 5.10 Å². The van der Waals surface area contributed by atoms with E-state index in [2.05, 4.69) is 32.5 Å². The van der Waals surface area contributed by atoms with Crippen LogP contribution in [0.15, 0.2) is 21.5 Å². The number of nitrogens with one attached hydrogen (secondary N) is 2. The van der Waals surface area contributed by atoms with Crippen LogP contribution >= 0.6 is 12.4 Å². The minimum absolute atomic E-state index is 0. The second-order valence-corrected chi connectivity index (χ2v) is 6.51. The topological polar surface area (TPSA) is 101 Å². The van der Waals surface area contributed by atoms with E-state index in [9.17, 15) is 4.79 Å². The molecule has 8 nitrogen and oxygen atoms in total. The van der Waals surface area contributed by atoms with Gasteiger partial charge in [0.1, 0.15) is 11.2 Å². The summed E-state index contributed by atoms with van der Waals surface area (Å²) < 4.78 is 7.56. The van der Waals surface area contributed by atoms with E-state index in [0.717, 1.165) is 50.9 Å². The molecule has 0 atom stereocenters. The lowest BCUT2D eigenvalue weighted by Crippen LogP contribution is -2.28. The van der Waals surface area contributed by atoms with Crippen molar-refractivity contribution in [3.63, 3.8) is 0 Å². The summed E-state index contributed by atoms with van der Waals surface area (Å²) in [6.07, 6.45) is 6.52. The molecule has 0 saturated carbocycles. The Labute approximate surface area is 156 Å². The largest absolute Gasteiger partial charge is 0.421 e. The molecule has 0 aromatic carbocycles. The number of unbranched alkanes of at least 4 members (excludes halogenated alkanes) is 1. The smallest absolute Gasteiger partial charge is 0.253 e. The molecule has 140 valence electrons. The van der Waals surface area contributed by atoms with E-state index in [-0.39, 0.29) is 18.0 Å². The van der Waals surface area contributed by atoms with Crippen LogP contribution in [0, 0.1) is 0 Å². The molecule has 1 saturated heterocycles. The van der Waals surface area contributed by atoms with E-state index >= 15 is 0 Å². The predicted octanol–water partition coefficient (Wildman–Crippen LogP) is 2.30. The molecule has 0 spiro atoms. The number of aromatic nitrogens is 5. The monoisotopic (exact) mass is 378 g/mol. The molecule has 4 rings (SSSR count). The van der Waals surface area contributed by atoms with Crippen molar-refractivity contribution in [3.05, 3.63) is 34.2 Å². The van der Waals surface area contributed by atoms with Crippen LogP contribution in [0.1, 0.15) is 50.1 Å². The maximum atomic E-state index is 12.2. The lowest BCUT2D eigenvalue weighted by molar-refractivity contribution is 0.446. The Bertz CT molecular complexity index is 925. The van der Waals surface area contributed by atoms with Crippen molar-refractivity contribution in [2.75, 3.05) is 13.1 Å². The first-order valence-corrected chi connectivity index (χ1v) is 8.90. The number of fused-ring (bicyclic) bond motifs is 1. The van der Waals surface area contributed by atoms with Crippen LogP contribution < -0.4 is 10.9 Å². The molecule has 0 bridgehead atoms. The Hall–Kier alpha value is -2.19. The summed E-state index contributed by atoms with van der Waals surface area (Å²) >= 11 is 0. The summed E-state index contributed by atoms with van der Waals surface area (Å²) in [6, 6.07) is 1.65. The second-order valence-electron chi connectivity index (χ2n) is 6.51. The zero-order valence-electron chi connectivity index (χ0n) is 14.7. The van der Waals surface area contributed by atoms with Gasteiger partial charge in [0.25, 0.3) is 11.4 Å². The average Bonchev–Trinajstić information content (AvgIpc) is 3.26. The molecule has 2 N–H and O–H groups in total. The van der Waals surface area contributed by atoms with E-state index in [1.165, 1.54) is 0 Å². The minimum atomic E-state index is -0.131. The summed E-state index contributed by atoms with van der Waals surface area (Å²) in [7, 11) is 0. The van der Waals surface area contributed by atoms with Crippen molar-refractivity contribution in [2.24, 2.45) is 0 Å². The van der Waals surface area contributed by atoms with Gasteiger partial charge in [-0.3, -0.25) is 4.79 Å². The van der Waals surface area contributed by atoms with Crippen LogP contribution in [-0.4, -0.2) is 37.9 Å². The van der Waals surface area contributed by atoms with Crippen molar-refractivity contribution in [2.45, 2.75) is 44.9 Å². The molecule has 4 heterocycles. The lowest BCUT2D eigenvalue weighted by atomic mass is 9.94. The van der Waals surface area contributed by atoms with E-state index in [0.29, 0.717) is 28.9 Å². The van der Waals surface area contributed by atoms with Crippen molar-refractivity contribution < 1.29 is 4.42 Å². The maximum absolute atomic E-state index is 12.2. The highest BCUT2D eigenvalue weighted by Gasteiger charge is 2.22. The maximum Gasteiger partial charge on any atom is 0.253 e. The summed E-state index contributed by atoms with van der Waals surface area (Å²) in [4.78, 5) is 15.1. The Morgan fingerprint density at radius 1 is 1.31 bits per heavy atom. The van der Waals surface area contributed by atoms with E-state index in [4.69, 9.17) is 4.42 Å². The van der Waals surface area contributed by atoms with Crippen LogP contribution in [0.4, 0.5) is 0 Å². The molecular weight excluding hydrogens is 356 g/mol. The Kier molecular flexibility index (Phi) is 5.73. The zero-order valence-corrected chi connectivity index (χ0v) is 15.5. The fourth-order valence-corrected chi connectivity index (χ4v) is 3.37. The molecule has 0 aliphatic carbocycles. The summed E-state index contributed by atoms with van der Waals surface area (Å²) in [5, 5.41) is 16.1. The van der Waals surface area contributed by atoms with E-state index in [1.54, 1.807) is 12.3 Å². The number of aryl methyl sites for hydroxylation is 1. The number of hydrogen-bond acceptors (Lipinski definition) is 6. The third kappa shape index (κ3) is 3.52. The number of aromatic amines is 1. The normalized spacial score (nSPS) is 15.3. The number of halogens is 1. The molecule has 1 aliphatic heterocycles.